The molecule has 0 bridgehead atoms. The molecule has 1 atom stereocenters. The number of carbonyl (C=O) groups is 1. The lowest BCUT2D eigenvalue weighted by Gasteiger charge is -2.41. The predicted octanol–water partition coefficient (Wildman–Crippen LogP) is 4.14. The molecule has 5 heteroatoms. The van der Waals surface area contributed by atoms with Crippen LogP contribution in [0, 0.1) is 13.8 Å². The first-order valence-corrected chi connectivity index (χ1v) is 9.77. The number of fused-ring (bicyclic) bond motifs is 1. The predicted molar refractivity (Wildman–Crippen MR) is 113 cm³/mol. The number of amides is 1. The van der Waals surface area contributed by atoms with Gasteiger partial charge in [-0.25, -0.2) is 0 Å². The van der Waals surface area contributed by atoms with Crippen molar-refractivity contribution in [3.05, 3.63) is 59.3 Å². The summed E-state index contributed by atoms with van der Waals surface area (Å²) < 4.78 is 5.36. The van der Waals surface area contributed by atoms with Crippen LogP contribution in [0.4, 0.5) is 5.69 Å². The van der Waals surface area contributed by atoms with E-state index < -0.39 is 0 Å². The molecule has 1 aliphatic rings. The van der Waals surface area contributed by atoms with Crippen LogP contribution in [0.1, 0.15) is 28.5 Å². The van der Waals surface area contributed by atoms with E-state index in [0.29, 0.717) is 13.1 Å². The molecule has 2 heterocycles. The first-order chi connectivity index (χ1) is 13.5. The van der Waals surface area contributed by atoms with Crippen LogP contribution in [0.25, 0.3) is 10.9 Å². The van der Waals surface area contributed by atoms with Gasteiger partial charge in [0.25, 0.3) is 5.91 Å². The first kappa shape index (κ1) is 18.4. The third-order valence-electron chi connectivity index (χ3n) is 5.66. The Morgan fingerprint density at radius 3 is 2.68 bits per heavy atom. The number of nitrogens with zero attached hydrogens (tertiary/aromatic N) is 2. The highest BCUT2D eigenvalue weighted by Crippen LogP contribution is 2.29. The number of aromatic nitrogens is 1. The summed E-state index contributed by atoms with van der Waals surface area (Å²) in [5.41, 5.74) is 5.11. The first-order valence-electron chi connectivity index (χ1n) is 9.77. The standard InChI is InChI=1S/C23H27N3O2/c1-15-6-5-7-18(12-15)26-11-10-25(14-16(26)2)23(27)22-17(3)24-21-9-8-19(28-4)13-20(21)22/h5-9,12-13,16,24H,10-11,14H2,1-4H3/t16-/m0/s1. The molecule has 1 amide bonds. The van der Waals surface area contributed by atoms with Gasteiger partial charge in [-0.2, -0.15) is 0 Å². The van der Waals surface area contributed by atoms with Crippen LogP contribution >= 0.6 is 0 Å². The van der Waals surface area contributed by atoms with Crippen LogP contribution in [-0.4, -0.2) is 48.6 Å². The van der Waals surface area contributed by atoms with Crippen molar-refractivity contribution in [2.24, 2.45) is 0 Å². The number of hydrogen-bond donors (Lipinski definition) is 1. The summed E-state index contributed by atoms with van der Waals surface area (Å²) >= 11 is 0. The molecule has 1 aromatic heterocycles. The third kappa shape index (κ3) is 3.21. The van der Waals surface area contributed by atoms with Crippen LogP contribution in [0.3, 0.4) is 0 Å². The minimum absolute atomic E-state index is 0.0905. The lowest BCUT2D eigenvalue weighted by Crippen LogP contribution is -2.53. The van der Waals surface area contributed by atoms with Crippen molar-refractivity contribution in [1.29, 1.82) is 0 Å². The van der Waals surface area contributed by atoms with Crippen LogP contribution in [0.5, 0.6) is 5.75 Å². The van der Waals surface area contributed by atoms with E-state index in [1.54, 1.807) is 7.11 Å². The van der Waals surface area contributed by atoms with Gasteiger partial charge in [0.05, 0.1) is 12.7 Å². The van der Waals surface area contributed by atoms with Crippen molar-refractivity contribution in [2.45, 2.75) is 26.8 Å². The summed E-state index contributed by atoms with van der Waals surface area (Å²) in [6, 6.07) is 14.7. The van der Waals surface area contributed by atoms with Crippen molar-refractivity contribution >= 4 is 22.5 Å². The van der Waals surface area contributed by atoms with Crippen LogP contribution in [0.2, 0.25) is 0 Å². The maximum absolute atomic E-state index is 13.4. The molecule has 0 unspecified atom stereocenters. The fraction of sp³-hybridized carbons (Fsp3) is 0.348. The molecular formula is C23H27N3O2. The Morgan fingerprint density at radius 1 is 1.14 bits per heavy atom. The molecule has 0 aliphatic carbocycles. The maximum Gasteiger partial charge on any atom is 0.256 e. The highest BCUT2D eigenvalue weighted by atomic mass is 16.5. The van der Waals surface area contributed by atoms with Crippen LogP contribution in [-0.2, 0) is 0 Å². The zero-order valence-corrected chi connectivity index (χ0v) is 17.0. The topological polar surface area (TPSA) is 48.6 Å². The SMILES string of the molecule is COc1ccc2[nH]c(C)c(C(=O)N3CCN(c4cccc(C)c4)[C@@H](C)C3)c2c1. The van der Waals surface area contributed by atoms with Crippen molar-refractivity contribution in [2.75, 3.05) is 31.6 Å². The molecule has 0 saturated carbocycles. The van der Waals surface area contributed by atoms with Crippen molar-refractivity contribution in [3.63, 3.8) is 0 Å². The second kappa shape index (κ2) is 7.23. The molecule has 4 rings (SSSR count). The summed E-state index contributed by atoms with van der Waals surface area (Å²) in [4.78, 5) is 21.1. The number of ether oxygens (including phenoxy) is 1. The fourth-order valence-electron chi connectivity index (χ4n) is 4.20. The van der Waals surface area contributed by atoms with Gasteiger partial charge in [-0.3, -0.25) is 4.79 Å². The zero-order valence-electron chi connectivity index (χ0n) is 17.0. The number of methoxy groups -OCH3 is 1. The third-order valence-corrected chi connectivity index (χ3v) is 5.66. The Hall–Kier alpha value is -2.95. The number of aryl methyl sites for hydroxylation is 2. The Kier molecular flexibility index (Phi) is 4.75. The van der Waals surface area contributed by atoms with Gasteiger partial charge in [-0.15, -0.1) is 0 Å². The normalized spacial score (nSPS) is 17.2. The van der Waals surface area contributed by atoms with Crippen molar-refractivity contribution < 1.29 is 9.53 Å². The Morgan fingerprint density at radius 2 is 1.96 bits per heavy atom. The van der Waals surface area contributed by atoms with E-state index in [0.717, 1.165) is 34.5 Å². The van der Waals surface area contributed by atoms with Crippen molar-refractivity contribution in [3.8, 4) is 5.75 Å². The molecular weight excluding hydrogens is 350 g/mol. The molecule has 28 heavy (non-hydrogen) atoms. The van der Waals surface area contributed by atoms with Crippen LogP contribution < -0.4 is 9.64 Å². The highest BCUT2D eigenvalue weighted by molar-refractivity contribution is 6.08. The minimum Gasteiger partial charge on any atom is -0.497 e. The second-order valence-corrected chi connectivity index (χ2v) is 7.67. The van der Waals surface area contributed by atoms with E-state index in [2.05, 4.69) is 48.0 Å². The van der Waals surface area contributed by atoms with Gasteiger partial charge in [0.1, 0.15) is 5.75 Å². The van der Waals surface area contributed by atoms with Crippen molar-refractivity contribution in [1.82, 2.24) is 9.88 Å². The van der Waals surface area contributed by atoms with E-state index in [4.69, 9.17) is 4.74 Å². The molecule has 1 saturated heterocycles. The minimum atomic E-state index is 0.0905. The number of anilines is 1. The molecule has 0 radical (unpaired) electrons. The average molecular weight is 377 g/mol. The number of carbonyl (C=O) groups excluding carboxylic acids is 1. The van der Waals surface area contributed by atoms with Gasteiger partial charge in [0.15, 0.2) is 0 Å². The molecule has 2 aromatic carbocycles. The van der Waals surface area contributed by atoms with E-state index in [1.807, 2.05) is 30.0 Å². The Bertz CT molecular complexity index is 1020. The molecule has 1 N–H and O–H groups in total. The van der Waals surface area contributed by atoms with Gasteiger partial charge in [0, 0.05) is 48.0 Å². The van der Waals surface area contributed by atoms with Gasteiger partial charge in [0.2, 0.25) is 0 Å². The number of benzene rings is 2. The number of nitrogens with one attached hydrogen (secondary N) is 1. The smallest absolute Gasteiger partial charge is 0.256 e. The monoisotopic (exact) mass is 377 g/mol. The summed E-state index contributed by atoms with van der Waals surface area (Å²) in [6.07, 6.45) is 0. The fourth-order valence-corrected chi connectivity index (χ4v) is 4.20. The Labute approximate surface area is 165 Å². The van der Waals surface area contributed by atoms with E-state index >= 15 is 0 Å². The van der Waals surface area contributed by atoms with Gasteiger partial charge in [-0.1, -0.05) is 12.1 Å². The van der Waals surface area contributed by atoms with Crippen LogP contribution in [0.15, 0.2) is 42.5 Å². The molecule has 0 spiro atoms. The number of rotatable bonds is 3. The summed E-state index contributed by atoms with van der Waals surface area (Å²) in [5, 5.41) is 0.926. The van der Waals surface area contributed by atoms with Gasteiger partial charge < -0.3 is 19.5 Å². The number of piperazine rings is 1. The Balaban J connectivity index is 1.59. The molecule has 5 nitrogen and oxygen atoms in total. The van der Waals surface area contributed by atoms with E-state index in [9.17, 15) is 4.79 Å². The average Bonchev–Trinajstić information content (AvgIpc) is 3.02. The van der Waals surface area contributed by atoms with E-state index in [-0.39, 0.29) is 11.9 Å². The quantitative estimate of drug-likeness (QED) is 0.746. The summed E-state index contributed by atoms with van der Waals surface area (Å²) in [6.45, 7) is 8.53. The maximum atomic E-state index is 13.4. The largest absolute Gasteiger partial charge is 0.497 e. The summed E-state index contributed by atoms with van der Waals surface area (Å²) in [5.74, 6) is 0.853. The number of H-pyrrole nitrogens is 1. The lowest BCUT2D eigenvalue weighted by atomic mass is 10.1. The zero-order chi connectivity index (χ0) is 19.8. The highest BCUT2D eigenvalue weighted by Gasteiger charge is 2.29. The lowest BCUT2D eigenvalue weighted by molar-refractivity contribution is 0.0727. The molecule has 1 fully saturated rings. The second-order valence-electron chi connectivity index (χ2n) is 7.67. The number of aromatic amines is 1. The molecule has 3 aromatic rings. The van der Waals surface area contributed by atoms with E-state index in [1.165, 1.54) is 11.3 Å². The molecule has 1 aliphatic heterocycles. The number of hydrogen-bond acceptors (Lipinski definition) is 3. The molecule has 146 valence electrons. The summed E-state index contributed by atoms with van der Waals surface area (Å²) in [7, 11) is 1.65. The van der Waals surface area contributed by atoms with Gasteiger partial charge in [-0.05, 0) is 56.7 Å². The van der Waals surface area contributed by atoms with Gasteiger partial charge >= 0.3 is 0 Å².